The molecule has 4 rings (SSSR count). The molecule has 20 heavy (non-hydrogen) atoms. The molecule has 0 aliphatic carbocycles. The Morgan fingerprint density at radius 1 is 1.10 bits per heavy atom. The quantitative estimate of drug-likeness (QED) is 0.756. The molecule has 3 aromatic rings. The second-order valence-electron chi connectivity index (χ2n) is 4.97. The van der Waals surface area contributed by atoms with Crippen molar-refractivity contribution in [2.75, 3.05) is 6.54 Å². The summed E-state index contributed by atoms with van der Waals surface area (Å²) in [6.45, 7) is 0.998. The van der Waals surface area contributed by atoms with Crippen LogP contribution in [0.4, 0.5) is 0 Å². The molecule has 2 aromatic heterocycles. The fraction of sp³-hybridized carbons (Fsp3) is 0.188. The van der Waals surface area contributed by atoms with Crippen LogP contribution in [0.25, 0.3) is 10.4 Å². The van der Waals surface area contributed by atoms with E-state index in [-0.39, 0.29) is 6.04 Å². The number of aromatic amines is 1. The molecule has 2 N–H and O–H groups in total. The summed E-state index contributed by atoms with van der Waals surface area (Å²) < 4.78 is 0. The molecule has 0 saturated carbocycles. The number of nitrogens with zero attached hydrogens (tertiary/aromatic N) is 1. The highest BCUT2D eigenvalue weighted by atomic mass is 32.1. The van der Waals surface area contributed by atoms with Crippen LogP contribution < -0.4 is 5.32 Å². The largest absolute Gasteiger partial charge is 0.348 e. The molecule has 1 aromatic carbocycles. The molecule has 1 atom stereocenters. The van der Waals surface area contributed by atoms with Gasteiger partial charge >= 0.3 is 0 Å². The molecule has 0 spiro atoms. The molecule has 0 bridgehead atoms. The van der Waals surface area contributed by atoms with Crippen LogP contribution in [0.3, 0.4) is 0 Å². The molecule has 0 radical (unpaired) electrons. The van der Waals surface area contributed by atoms with E-state index in [1.807, 2.05) is 11.3 Å². The van der Waals surface area contributed by atoms with Gasteiger partial charge in [0, 0.05) is 28.4 Å². The molecular formula is C16H15N3S. The molecular weight excluding hydrogens is 266 g/mol. The van der Waals surface area contributed by atoms with Gasteiger partial charge in [-0.15, -0.1) is 11.3 Å². The molecule has 100 valence electrons. The maximum absolute atomic E-state index is 4.49. The summed E-state index contributed by atoms with van der Waals surface area (Å²) in [5, 5.41) is 3.57. The smallest absolute Gasteiger partial charge is 0.0926 e. The van der Waals surface area contributed by atoms with Gasteiger partial charge in [0.25, 0.3) is 0 Å². The summed E-state index contributed by atoms with van der Waals surface area (Å²) >= 11 is 1.84. The van der Waals surface area contributed by atoms with Crippen LogP contribution in [0.5, 0.6) is 0 Å². The maximum atomic E-state index is 4.49. The van der Waals surface area contributed by atoms with Gasteiger partial charge in [-0.25, -0.2) is 4.98 Å². The molecule has 1 aliphatic rings. The molecule has 0 saturated heterocycles. The average Bonchev–Trinajstić information content (AvgIpc) is 3.17. The van der Waals surface area contributed by atoms with Crippen LogP contribution in [0.15, 0.2) is 48.8 Å². The Hall–Kier alpha value is -1.91. The van der Waals surface area contributed by atoms with E-state index in [4.69, 9.17) is 0 Å². The minimum atomic E-state index is 0.229. The lowest BCUT2D eigenvalue weighted by atomic mass is 10.0. The van der Waals surface area contributed by atoms with Gasteiger partial charge in [0.1, 0.15) is 0 Å². The molecule has 4 heteroatoms. The Kier molecular flexibility index (Phi) is 2.90. The number of imidazole rings is 1. The molecule has 0 unspecified atom stereocenters. The zero-order chi connectivity index (χ0) is 13.4. The topological polar surface area (TPSA) is 40.7 Å². The Morgan fingerprint density at radius 2 is 2.00 bits per heavy atom. The first-order valence-electron chi connectivity index (χ1n) is 6.82. The Bertz CT molecular complexity index is 714. The predicted molar refractivity (Wildman–Crippen MR) is 81.9 cm³/mol. The van der Waals surface area contributed by atoms with Crippen LogP contribution in [-0.2, 0) is 6.42 Å². The van der Waals surface area contributed by atoms with E-state index in [2.05, 4.69) is 57.7 Å². The summed E-state index contributed by atoms with van der Waals surface area (Å²) in [7, 11) is 0. The van der Waals surface area contributed by atoms with E-state index >= 15 is 0 Å². The van der Waals surface area contributed by atoms with E-state index in [0.29, 0.717) is 0 Å². The number of rotatable bonds is 2. The standard InChI is InChI=1S/C16H15N3S/c1-2-4-11(5-3-1)13-6-7-14(20-13)16-15-12(8-9-17-16)18-10-19-15/h1-7,10,16-17H,8-9H2,(H,18,19)/t16-/m0/s1. The second-order valence-corrected chi connectivity index (χ2v) is 6.09. The number of fused-ring (bicyclic) bond motifs is 1. The highest BCUT2D eigenvalue weighted by Crippen LogP contribution is 2.35. The Morgan fingerprint density at radius 3 is 2.90 bits per heavy atom. The van der Waals surface area contributed by atoms with Gasteiger partial charge in [-0.2, -0.15) is 0 Å². The summed E-state index contributed by atoms with van der Waals surface area (Å²) in [5.41, 5.74) is 3.70. The van der Waals surface area contributed by atoms with Gasteiger partial charge in [0.05, 0.1) is 18.1 Å². The number of hydrogen-bond acceptors (Lipinski definition) is 3. The summed E-state index contributed by atoms with van der Waals surface area (Å²) in [5.74, 6) is 0. The minimum absolute atomic E-state index is 0.229. The lowest BCUT2D eigenvalue weighted by molar-refractivity contribution is 0.560. The molecule has 3 nitrogen and oxygen atoms in total. The van der Waals surface area contributed by atoms with Crippen LogP contribution in [0.1, 0.15) is 22.3 Å². The van der Waals surface area contributed by atoms with Crippen molar-refractivity contribution in [1.82, 2.24) is 15.3 Å². The monoisotopic (exact) mass is 281 g/mol. The highest BCUT2D eigenvalue weighted by Gasteiger charge is 2.24. The normalized spacial score (nSPS) is 17.9. The lowest BCUT2D eigenvalue weighted by Gasteiger charge is -2.21. The predicted octanol–water partition coefficient (Wildman–Crippen LogP) is 3.37. The lowest BCUT2D eigenvalue weighted by Crippen LogP contribution is -2.30. The Balaban J connectivity index is 1.70. The van der Waals surface area contributed by atoms with E-state index in [9.17, 15) is 0 Å². The van der Waals surface area contributed by atoms with Crippen LogP contribution in [-0.4, -0.2) is 16.5 Å². The van der Waals surface area contributed by atoms with Crippen molar-refractivity contribution < 1.29 is 0 Å². The number of benzene rings is 1. The van der Waals surface area contributed by atoms with E-state index in [1.54, 1.807) is 6.33 Å². The van der Waals surface area contributed by atoms with E-state index in [1.165, 1.54) is 21.0 Å². The molecule has 3 heterocycles. The third kappa shape index (κ3) is 1.97. The van der Waals surface area contributed by atoms with Crippen molar-refractivity contribution in [1.29, 1.82) is 0 Å². The van der Waals surface area contributed by atoms with E-state index in [0.717, 1.165) is 18.7 Å². The first-order chi connectivity index (χ1) is 9.92. The van der Waals surface area contributed by atoms with Gasteiger partial charge in [-0.1, -0.05) is 30.3 Å². The number of thiophene rings is 1. The number of H-pyrrole nitrogens is 1. The maximum Gasteiger partial charge on any atom is 0.0926 e. The van der Waals surface area contributed by atoms with E-state index < -0.39 is 0 Å². The average molecular weight is 281 g/mol. The third-order valence-electron chi connectivity index (χ3n) is 3.72. The zero-order valence-electron chi connectivity index (χ0n) is 11.0. The van der Waals surface area contributed by atoms with Crippen molar-refractivity contribution >= 4 is 11.3 Å². The second kappa shape index (κ2) is 4.89. The Labute approximate surface area is 121 Å². The summed E-state index contributed by atoms with van der Waals surface area (Å²) in [6, 6.07) is 15.2. The summed E-state index contributed by atoms with van der Waals surface area (Å²) in [4.78, 5) is 10.4. The SMILES string of the molecule is c1ccc(-c2ccc([C@@H]3NCCc4[nH]cnc43)s2)cc1. The van der Waals surface area contributed by atoms with Gasteiger partial charge < -0.3 is 10.3 Å². The summed E-state index contributed by atoms with van der Waals surface area (Å²) in [6.07, 6.45) is 2.83. The zero-order valence-corrected chi connectivity index (χ0v) is 11.8. The van der Waals surface area contributed by atoms with Gasteiger partial charge in [-0.05, 0) is 17.7 Å². The fourth-order valence-corrected chi connectivity index (χ4v) is 3.81. The number of hydrogen-bond donors (Lipinski definition) is 2. The van der Waals surface area contributed by atoms with Crippen LogP contribution in [0, 0.1) is 0 Å². The van der Waals surface area contributed by atoms with Crippen molar-refractivity contribution in [2.45, 2.75) is 12.5 Å². The van der Waals surface area contributed by atoms with Crippen molar-refractivity contribution in [3.05, 3.63) is 65.1 Å². The first-order valence-corrected chi connectivity index (χ1v) is 7.64. The molecule has 1 aliphatic heterocycles. The highest BCUT2D eigenvalue weighted by molar-refractivity contribution is 7.15. The van der Waals surface area contributed by atoms with Gasteiger partial charge in [0.2, 0.25) is 0 Å². The van der Waals surface area contributed by atoms with Crippen molar-refractivity contribution in [3.8, 4) is 10.4 Å². The van der Waals surface area contributed by atoms with Crippen molar-refractivity contribution in [3.63, 3.8) is 0 Å². The molecule has 0 fully saturated rings. The third-order valence-corrected chi connectivity index (χ3v) is 4.92. The van der Waals surface area contributed by atoms with Crippen LogP contribution in [0.2, 0.25) is 0 Å². The van der Waals surface area contributed by atoms with Gasteiger partial charge in [0.15, 0.2) is 0 Å². The minimum Gasteiger partial charge on any atom is -0.348 e. The first kappa shape index (κ1) is 11.9. The number of nitrogens with one attached hydrogen (secondary N) is 2. The van der Waals surface area contributed by atoms with Crippen molar-refractivity contribution in [2.24, 2.45) is 0 Å². The van der Waals surface area contributed by atoms with Gasteiger partial charge in [-0.3, -0.25) is 0 Å². The molecule has 0 amide bonds. The fourth-order valence-electron chi connectivity index (χ4n) is 2.72. The van der Waals surface area contributed by atoms with Crippen LogP contribution >= 0.6 is 11.3 Å². The number of aromatic nitrogens is 2.